The average molecular weight is 355 g/mol. The molecular formula is C18H17N3O5. The molecule has 0 bridgehead atoms. The molecule has 1 atom stereocenters. The number of amides is 1. The van der Waals surface area contributed by atoms with Crippen molar-refractivity contribution in [2.24, 2.45) is 0 Å². The molecule has 0 saturated heterocycles. The topological polar surface area (TPSA) is 106 Å². The van der Waals surface area contributed by atoms with Crippen molar-refractivity contribution in [3.05, 3.63) is 51.8 Å². The molecule has 0 fully saturated rings. The molecule has 0 saturated carbocycles. The van der Waals surface area contributed by atoms with Gasteiger partial charge in [0.05, 0.1) is 17.9 Å². The number of nitrogens with one attached hydrogen (secondary N) is 2. The number of aromatic amines is 1. The number of nitrogens with zero attached hydrogens (tertiary/aromatic N) is 1. The molecule has 1 aliphatic rings. The van der Waals surface area contributed by atoms with Gasteiger partial charge in [0.2, 0.25) is 5.71 Å². The molecule has 26 heavy (non-hydrogen) atoms. The summed E-state index contributed by atoms with van der Waals surface area (Å²) in [6, 6.07) is 5.22. The van der Waals surface area contributed by atoms with Crippen molar-refractivity contribution in [1.29, 1.82) is 0 Å². The van der Waals surface area contributed by atoms with Crippen LogP contribution >= 0.6 is 0 Å². The first-order valence-corrected chi connectivity index (χ1v) is 8.22. The largest absolute Gasteiger partial charge is 0.486 e. The average Bonchev–Trinajstić information content (AvgIpc) is 2.98. The second kappa shape index (κ2) is 6.21. The van der Waals surface area contributed by atoms with Crippen molar-refractivity contribution in [2.75, 3.05) is 13.2 Å². The van der Waals surface area contributed by atoms with Crippen LogP contribution in [0.2, 0.25) is 0 Å². The number of aromatic nitrogens is 2. The van der Waals surface area contributed by atoms with Crippen LogP contribution in [0.25, 0.3) is 11.1 Å². The second-order valence-corrected chi connectivity index (χ2v) is 6.04. The van der Waals surface area contributed by atoms with E-state index in [0.29, 0.717) is 30.5 Å². The van der Waals surface area contributed by atoms with Crippen molar-refractivity contribution in [3.8, 4) is 11.5 Å². The first kappa shape index (κ1) is 16.2. The van der Waals surface area contributed by atoms with Gasteiger partial charge in [0.1, 0.15) is 24.4 Å². The summed E-state index contributed by atoms with van der Waals surface area (Å²) in [6.07, 6.45) is 1.24. The summed E-state index contributed by atoms with van der Waals surface area (Å²) < 4.78 is 16.5. The monoisotopic (exact) mass is 355 g/mol. The molecule has 0 aliphatic carbocycles. The Kier molecular flexibility index (Phi) is 3.87. The molecule has 2 N–H and O–H groups in total. The zero-order chi connectivity index (χ0) is 18.3. The smallest absolute Gasteiger partial charge is 0.262 e. The Morgan fingerprint density at radius 2 is 2.04 bits per heavy atom. The van der Waals surface area contributed by atoms with Gasteiger partial charge in [-0.3, -0.25) is 9.59 Å². The molecular weight excluding hydrogens is 338 g/mol. The predicted molar refractivity (Wildman–Crippen MR) is 92.7 cm³/mol. The van der Waals surface area contributed by atoms with E-state index in [-0.39, 0.29) is 22.7 Å². The van der Waals surface area contributed by atoms with Crippen LogP contribution in [-0.4, -0.2) is 29.1 Å². The van der Waals surface area contributed by atoms with Crippen LogP contribution in [0.5, 0.6) is 11.5 Å². The van der Waals surface area contributed by atoms with E-state index in [2.05, 4.69) is 15.3 Å². The van der Waals surface area contributed by atoms with Crippen molar-refractivity contribution in [1.82, 2.24) is 15.3 Å². The molecule has 0 unspecified atom stereocenters. The number of hydrogen-bond acceptors (Lipinski definition) is 6. The van der Waals surface area contributed by atoms with Crippen LogP contribution in [0.3, 0.4) is 0 Å². The number of hydrogen-bond donors (Lipinski definition) is 2. The standard InChI is InChI=1S/C18H17N3O5/c1-9(11-3-4-12-13(7-11)25-6-5-24-12)21-17(23)14-10(2)26-18-15(14)16(22)19-8-20-18/h3-4,7-9H,5-6H2,1-2H3,(H,21,23)(H,19,20,22)/t9-/m0/s1. The van der Waals surface area contributed by atoms with E-state index in [0.717, 1.165) is 5.56 Å². The molecule has 134 valence electrons. The van der Waals surface area contributed by atoms with Gasteiger partial charge in [-0.25, -0.2) is 4.98 Å². The lowest BCUT2D eigenvalue weighted by Crippen LogP contribution is -2.28. The summed E-state index contributed by atoms with van der Waals surface area (Å²) in [5.41, 5.74) is 0.784. The Morgan fingerprint density at radius 1 is 1.27 bits per heavy atom. The van der Waals surface area contributed by atoms with Crippen LogP contribution in [-0.2, 0) is 0 Å². The molecule has 2 aromatic heterocycles. The first-order chi connectivity index (χ1) is 12.5. The van der Waals surface area contributed by atoms with Crippen LogP contribution in [0.4, 0.5) is 0 Å². The highest BCUT2D eigenvalue weighted by atomic mass is 16.6. The molecule has 0 radical (unpaired) electrons. The zero-order valence-corrected chi connectivity index (χ0v) is 14.3. The predicted octanol–water partition coefficient (Wildman–Crippen LogP) is 2.09. The van der Waals surface area contributed by atoms with Gasteiger partial charge in [0.25, 0.3) is 11.5 Å². The summed E-state index contributed by atoms with van der Waals surface area (Å²) in [4.78, 5) is 31.2. The number of rotatable bonds is 3. The number of carbonyl (C=O) groups is 1. The molecule has 3 heterocycles. The lowest BCUT2D eigenvalue weighted by molar-refractivity contribution is 0.0939. The molecule has 4 rings (SSSR count). The fourth-order valence-electron chi connectivity index (χ4n) is 3.01. The highest BCUT2D eigenvalue weighted by molar-refractivity contribution is 6.06. The van der Waals surface area contributed by atoms with E-state index in [4.69, 9.17) is 13.9 Å². The molecule has 1 aliphatic heterocycles. The molecule has 8 nitrogen and oxygen atoms in total. The van der Waals surface area contributed by atoms with E-state index in [1.165, 1.54) is 6.33 Å². The number of aryl methyl sites for hydroxylation is 1. The summed E-state index contributed by atoms with van der Waals surface area (Å²) in [5.74, 6) is 1.28. The summed E-state index contributed by atoms with van der Waals surface area (Å²) in [6.45, 7) is 4.50. The third kappa shape index (κ3) is 2.69. The van der Waals surface area contributed by atoms with E-state index in [1.807, 2.05) is 25.1 Å². The Bertz CT molecular complexity index is 1050. The zero-order valence-electron chi connectivity index (χ0n) is 14.3. The van der Waals surface area contributed by atoms with E-state index < -0.39 is 11.5 Å². The normalized spacial score (nSPS) is 14.2. The van der Waals surface area contributed by atoms with Crippen molar-refractivity contribution >= 4 is 17.0 Å². The number of H-pyrrole nitrogens is 1. The summed E-state index contributed by atoms with van der Waals surface area (Å²) >= 11 is 0. The van der Waals surface area contributed by atoms with E-state index in [1.54, 1.807) is 6.92 Å². The minimum Gasteiger partial charge on any atom is -0.486 e. The van der Waals surface area contributed by atoms with Crippen LogP contribution in [0, 0.1) is 6.92 Å². The Hall–Kier alpha value is -3.29. The summed E-state index contributed by atoms with van der Waals surface area (Å²) in [5, 5.41) is 3.04. The fraction of sp³-hybridized carbons (Fsp3) is 0.278. The number of carbonyl (C=O) groups excluding carboxylic acids is 1. The maximum Gasteiger partial charge on any atom is 0.262 e. The first-order valence-electron chi connectivity index (χ1n) is 8.22. The molecule has 0 spiro atoms. The Balaban J connectivity index is 1.63. The van der Waals surface area contributed by atoms with E-state index in [9.17, 15) is 9.59 Å². The van der Waals surface area contributed by atoms with Crippen molar-refractivity contribution in [2.45, 2.75) is 19.9 Å². The third-order valence-electron chi connectivity index (χ3n) is 4.31. The Morgan fingerprint density at radius 3 is 2.85 bits per heavy atom. The lowest BCUT2D eigenvalue weighted by atomic mass is 10.1. The van der Waals surface area contributed by atoms with Gasteiger partial charge in [-0.05, 0) is 31.5 Å². The van der Waals surface area contributed by atoms with Gasteiger partial charge in [-0.15, -0.1) is 0 Å². The van der Waals surface area contributed by atoms with Gasteiger partial charge in [-0.1, -0.05) is 6.07 Å². The maximum atomic E-state index is 12.8. The number of fused-ring (bicyclic) bond motifs is 2. The maximum absolute atomic E-state index is 12.8. The third-order valence-corrected chi connectivity index (χ3v) is 4.31. The van der Waals surface area contributed by atoms with Gasteiger partial charge in [-0.2, -0.15) is 0 Å². The number of ether oxygens (including phenoxy) is 2. The van der Waals surface area contributed by atoms with Crippen molar-refractivity contribution < 1.29 is 18.7 Å². The minimum atomic E-state index is -0.413. The van der Waals surface area contributed by atoms with Crippen molar-refractivity contribution in [3.63, 3.8) is 0 Å². The Labute approximate surface area is 148 Å². The number of furan rings is 1. The molecule has 1 amide bonds. The second-order valence-electron chi connectivity index (χ2n) is 6.04. The SMILES string of the molecule is Cc1oc2nc[nH]c(=O)c2c1C(=O)N[C@@H](C)c1ccc2c(c1)OCCO2. The summed E-state index contributed by atoms with van der Waals surface area (Å²) in [7, 11) is 0. The number of benzene rings is 1. The molecule has 8 heteroatoms. The molecule has 1 aromatic carbocycles. The quantitative estimate of drug-likeness (QED) is 0.745. The fourth-order valence-corrected chi connectivity index (χ4v) is 3.01. The van der Waals surface area contributed by atoms with E-state index >= 15 is 0 Å². The van der Waals surface area contributed by atoms with Gasteiger partial charge in [0, 0.05) is 0 Å². The lowest BCUT2D eigenvalue weighted by Gasteiger charge is -2.21. The van der Waals surface area contributed by atoms with Gasteiger partial charge in [0.15, 0.2) is 11.5 Å². The van der Waals surface area contributed by atoms with Crippen LogP contribution in [0.15, 0.2) is 33.7 Å². The minimum absolute atomic E-state index is 0.142. The highest BCUT2D eigenvalue weighted by Gasteiger charge is 2.23. The van der Waals surface area contributed by atoms with Crippen LogP contribution in [0.1, 0.15) is 34.6 Å². The highest BCUT2D eigenvalue weighted by Crippen LogP contribution is 2.32. The van der Waals surface area contributed by atoms with Gasteiger partial charge >= 0.3 is 0 Å². The van der Waals surface area contributed by atoms with Crippen LogP contribution < -0.4 is 20.3 Å². The van der Waals surface area contributed by atoms with Gasteiger partial charge < -0.3 is 24.2 Å². The molecule has 3 aromatic rings.